The van der Waals surface area contributed by atoms with Crippen LogP contribution in [0.4, 0.5) is 5.69 Å². The molecule has 0 aliphatic heterocycles. The predicted octanol–water partition coefficient (Wildman–Crippen LogP) is 1.54. The molecule has 7 heteroatoms. The van der Waals surface area contributed by atoms with E-state index in [2.05, 4.69) is 10.0 Å². The van der Waals surface area contributed by atoms with Gasteiger partial charge in [0.25, 0.3) is 0 Å². The van der Waals surface area contributed by atoms with E-state index in [4.69, 9.17) is 5.73 Å². The number of anilines is 1. The minimum atomic E-state index is -3.61. The zero-order chi connectivity index (χ0) is 17.0. The van der Waals surface area contributed by atoms with Gasteiger partial charge >= 0.3 is 0 Å². The molecule has 1 atom stereocenters. The number of benzene rings is 1. The predicted molar refractivity (Wildman–Crippen MR) is 87.9 cm³/mol. The first-order valence-corrected chi connectivity index (χ1v) is 8.67. The molecule has 124 valence electrons. The van der Waals surface area contributed by atoms with E-state index in [0.717, 1.165) is 0 Å². The lowest BCUT2D eigenvalue weighted by Gasteiger charge is -2.26. The Balaban J connectivity index is 2.92. The fraction of sp³-hybridized carbons (Fsp3) is 0.533. The summed E-state index contributed by atoms with van der Waals surface area (Å²) in [6, 6.07) is 6.16. The number of rotatable bonds is 6. The van der Waals surface area contributed by atoms with E-state index in [1.165, 1.54) is 12.1 Å². The maximum Gasteiger partial charge on any atom is 0.240 e. The summed E-state index contributed by atoms with van der Waals surface area (Å²) < 4.78 is 26.5. The molecule has 6 nitrogen and oxygen atoms in total. The molecule has 1 rings (SSSR count). The van der Waals surface area contributed by atoms with Crippen LogP contribution < -0.4 is 15.8 Å². The van der Waals surface area contributed by atoms with Crippen molar-refractivity contribution in [2.75, 3.05) is 18.4 Å². The van der Waals surface area contributed by atoms with Gasteiger partial charge in [-0.05, 0) is 23.6 Å². The van der Waals surface area contributed by atoms with Crippen LogP contribution in [0, 0.1) is 11.3 Å². The first-order valence-electron chi connectivity index (χ1n) is 7.18. The summed E-state index contributed by atoms with van der Waals surface area (Å²) in [5.41, 5.74) is 5.58. The number of nitrogens with one attached hydrogen (secondary N) is 2. The summed E-state index contributed by atoms with van der Waals surface area (Å²) in [7, 11) is -3.61. The second kappa shape index (κ2) is 7.21. The van der Waals surface area contributed by atoms with Crippen molar-refractivity contribution in [3.8, 4) is 0 Å². The molecular formula is C15H25N3O3S. The molecule has 1 unspecified atom stereocenters. The van der Waals surface area contributed by atoms with Crippen LogP contribution in [-0.2, 0) is 14.8 Å². The maximum atomic E-state index is 12.2. The second-order valence-electron chi connectivity index (χ2n) is 6.29. The van der Waals surface area contributed by atoms with Gasteiger partial charge in [0.2, 0.25) is 15.9 Å². The van der Waals surface area contributed by atoms with E-state index in [9.17, 15) is 13.2 Å². The first-order chi connectivity index (χ1) is 10.1. The molecule has 0 saturated carbocycles. The summed E-state index contributed by atoms with van der Waals surface area (Å²) in [5.74, 6) is -0.347. The monoisotopic (exact) mass is 327 g/mol. The van der Waals surface area contributed by atoms with Gasteiger partial charge in [-0.15, -0.1) is 0 Å². The van der Waals surface area contributed by atoms with Crippen LogP contribution in [0.25, 0.3) is 0 Å². The fourth-order valence-electron chi connectivity index (χ4n) is 1.66. The van der Waals surface area contributed by atoms with E-state index in [1.807, 2.05) is 27.7 Å². The highest BCUT2D eigenvalue weighted by atomic mass is 32.2. The third kappa shape index (κ3) is 5.08. The highest BCUT2D eigenvalue weighted by molar-refractivity contribution is 7.89. The number of hydrogen-bond donors (Lipinski definition) is 3. The van der Waals surface area contributed by atoms with Crippen LogP contribution in [0.3, 0.4) is 0 Å². The van der Waals surface area contributed by atoms with Gasteiger partial charge in [0.15, 0.2) is 0 Å². The summed E-state index contributed by atoms with van der Waals surface area (Å²) >= 11 is 0. The third-order valence-corrected chi connectivity index (χ3v) is 5.00. The zero-order valence-corrected chi connectivity index (χ0v) is 14.3. The van der Waals surface area contributed by atoms with Gasteiger partial charge < -0.3 is 11.1 Å². The third-order valence-electron chi connectivity index (χ3n) is 3.54. The molecule has 0 heterocycles. The lowest BCUT2D eigenvalue weighted by molar-refractivity contribution is -0.122. The number of amides is 1. The van der Waals surface area contributed by atoms with Gasteiger partial charge in [0, 0.05) is 24.7 Å². The molecule has 0 radical (unpaired) electrons. The van der Waals surface area contributed by atoms with Crippen molar-refractivity contribution in [1.29, 1.82) is 0 Å². The van der Waals surface area contributed by atoms with Gasteiger partial charge in [-0.2, -0.15) is 0 Å². The average Bonchev–Trinajstić information content (AvgIpc) is 2.43. The minimum Gasteiger partial charge on any atom is -0.329 e. The Morgan fingerprint density at radius 1 is 1.32 bits per heavy atom. The summed E-state index contributed by atoms with van der Waals surface area (Å²) in [5, 5.41) is 2.76. The van der Waals surface area contributed by atoms with Crippen molar-refractivity contribution in [2.24, 2.45) is 17.1 Å². The van der Waals surface area contributed by atoms with E-state index < -0.39 is 10.0 Å². The topological polar surface area (TPSA) is 101 Å². The molecule has 22 heavy (non-hydrogen) atoms. The molecule has 4 N–H and O–H groups in total. The van der Waals surface area contributed by atoms with Crippen LogP contribution in [0.15, 0.2) is 29.2 Å². The number of carbonyl (C=O) groups excluding carboxylic acids is 1. The van der Waals surface area contributed by atoms with Gasteiger partial charge in [-0.3, -0.25) is 4.79 Å². The lowest BCUT2D eigenvalue weighted by Crippen LogP contribution is -2.31. The van der Waals surface area contributed by atoms with Crippen molar-refractivity contribution in [2.45, 2.75) is 32.6 Å². The highest BCUT2D eigenvalue weighted by Gasteiger charge is 2.27. The standard InChI is InChI=1S/C15H25N3O3S/c1-11(15(2,3)4)14(19)18-12-6-5-7-13(10-12)22(20,21)17-9-8-16/h5-7,10-11,17H,8-9,16H2,1-4H3,(H,18,19). The molecule has 0 aliphatic rings. The molecule has 0 bridgehead atoms. The molecule has 1 amide bonds. The Kier molecular flexibility index (Phi) is 6.10. The normalized spacial score (nSPS) is 13.7. The van der Waals surface area contributed by atoms with Gasteiger partial charge in [0.05, 0.1) is 4.90 Å². The molecule has 1 aromatic carbocycles. The number of carbonyl (C=O) groups is 1. The van der Waals surface area contributed by atoms with Crippen molar-refractivity contribution in [3.63, 3.8) is 0 Å². The Labute approximate surface area is 132 Å². The average molecular weight is 327 g/mol. The molecule has 0 spiro atoms. The van der Waals surface area contributed by atoms with Crippen molar-refractivity contribution in [1.82, 2.24) is 4.72 Å². The van der Waals surface area contributed by atoms with E-state index in [0.29, 0.717) is 5.69 Å². The SMILES string of the molecule is CC(C(=O)Nc1cccc(S(=O)(=O)NCCN)c1)C(C)(C)C. The van der Waals surface area contributed by atoms with Gasteiger partial charge in [-0.1, -0.05) is 33.8 Å². The first kappa shape index (κ1) is 18.6. The van der Waals surface area contributed by atoms with E-state index in [-0.39, 0.29) is 35.2 Å². The fourth-order valence-corrected chi connectivity index (χ4v) is 2.75. The van der Waals surface area contributed by atoms with Crippen molar-refractivity contribution < 1.29 is 13.2 Å². The van der Waals surface area contributed by atoms with Gasteiger partial charge in [0.1, 0.15) is 0 Å². The number of sulfonamides is 1. The summed E-state index contributed by atoms with van der Waals surface area (Å²) in [6.07, 6.45) is 0. The van der Waals surface area contributed by atoms with E-state index in [1.54, 1.807) is 12.1 Å². The smallest absolute Gasteiger partial charge is 0.240 e. The largest absolute Gasteiger partial charge is 0.329 e. The molecule has 0 saturated heterocycles. The second-order valence-corrected chi connectivity index (χ2v) is 8.06. The Morgan fingerprint density at radius 2 is 1.95 bits per heavy atom. The molecule has 0 aromatic heterocycles. The molecule has 1 aromatic rings. The molecular weight excluding hydrogens is 302 g/mol. The Hall–Kier alpha value is -1.44. The Morgan fingerprint density at radius 3 is 2.50 bits per heavy atom. The zero-order valence-electron chi connectivity index (χ0n) is 13.5. The maximum absolute atomic E-state index is 12.2. The number of hydrogen-bond acceptors (Lipinski definition) is 4. The summed E-state index contributed by atoms with van der Waals surface area (Å²) in [6.45, 7) is 8.18. The molecule has 0 aliphatic carbocycles. The van der Waals surface area contributed by atoms with Crippen molar-refractivity contribution >= 4 is 21.6 Å². The molecule has 0 fully saturated rings. The van der Waals surface area contributed by atoms with Crippen LogP contribution in [0.2, 0.25) is 0 Å². The van der Waals surface area contributed by atoms with Crippen LogP contribution in [0.5, 0.6) is 0 Å². The van der Waals surface area contributed by atoms with Crippen LogP contribution in [-0.4, -0.2) is 27.4 Å². The lowest BCUT2D eigenvalue weighted by atomic mass is 9.81. The van der Waals surface area contributed by atoms with Gasteiger partial charge in [-0.25, -0.2) is 13.1 Å². The van der Waals surface area contributed by atoms with Crippen LogP contribution >= 0.6 is 0 Å². The van der Waals surface area contributed by atoms with Crippen LogP contribution in [0.1, 0.15) is 27.7 Å². The minimum absolute atomic E-state index is 0.0992. The Bertz CT molecular complexity index is 621. The van der Waals surface area contributed by atoms with E-state index >= 15 is 0 Å². The highest BCUT2D eigenvalue weighted by Crippen LogP contribution is 2.26. The van der Waals surface area contributed by atoms with Crippen molar-refractivity contribution in [3.05, 3.63) is 24.3 Å². The number of nitrogens with two attached hydrogens (primary N) is 1. The summed E-state index contributed by atoms with van der Waals surface area (Å²) in [4.78, 5) is 12.3. The quantitative estimate of drug-likeness (QED) is 0.737.